The summed E-state index contributed by atoms with van der Waals surface area (Å²) < 4.78 is 23.5. The predicted octanol–water partition coefficient (Wildman–Crippen LogP) is 2.43. The third-order valence-corrected chi connectivity index (χ3v) is 5.65. The molecule has 2 aromatic carbocycles. The van der Waals surface area contributed by atoms with Crippen LogP contribution in [0.1, 0.15) is 23.6 Å². The SMILES string of the molecule is CCNC(=NCc1ccc(S(C)(=O)=O)c(C)c1)NCC(=O)NCCc1ccccc1.I. The van der Waals surface area contributed by atoms with Crippen molar-refractivity contribution in [2.24, 2.45) is 4.99 Å². The fraction of sp³-hybridized carbons (Fsp3) is 0.364. The topological polar surface area (TPSA) is 99.7 Å². The molecule has 170 valence electrons. The van der Waals surface area contributed by atoms with Crippen molar-refractivity contribution in [1.82, 2.24) is 16.0 Å². The lowest BCUT2D eigenvalue weighted by Crippen LogP contribution is -2.43. The van der Waals surface area contributed by atoms with E-state index in [0.717, 1.165) is 12.0 Å². The molecule has 0 aliphatic rings. The molecule has 3 N–H and O–H groups in total. The van der Waals surface area contributed by atoms with Crippen LogP contribution in [-0.2, 0) is 27.6 Å². The monoisotopic (exact) mass is 558 g/mol. The van der Waals surface area contributed by atoms with Gasteiger partial charge >= 0.3 is 0 Å². The minimum Gasteiger partial charge on any atom is -0.357 e. The Morgan fingerprint density at radius 3 is 2.32 bits per heavy atom. The van der Waals surface area contributed by atoms with E-state index in [1.165, 1.54) is 11.8 Å². The summed E-state index contributed by atoms with van der Waals surface area (Å²) in [6.07, 6.45) is 1.98. The summed E-state index contributed by atoms with van der Waals surface area (Å²) in [6.45, 7) is 5.44. The lowest BCUT2D eigenvalue weighted by molar-refractivity contribution is -0.119. The molecule has 0 aromatic heterocycles. The second-order valence-corrected chi connectivity index (χ2v) is 8.99. The highest BCUT2D eigenvalue weighted by atomic mass is 127. The van der Waals surface area contributed by atoms with Crippen LogP contribution in [0.5, 0.6) is 0 Å². The Labute approximate surface area is 202 Å². The summed E-state index contributed by atoms with van der Waals surface area (Å²) in [5.74, 6) is 0.422. The van der Waals surface area contributed by atoms with Crippen LogP contribution in [0, 0.1) is 6.92 Å². The van der Waals surface area contributed by atoms with Crippen LogP contribution in [0.2, 0.25) is 0 Å². The molecule has 0 atom stereocenters. The molecule has 0 fully saturated rings. The van der Waals surface area contributed by atoms with Gasteiger partial charge in [0.2, 0.25) is 5.91 Å². The van der Waals surface area contributed by atoms with Gasteiger partial charge in [0.1, 0.15) is 0 Å². The second kappa shape index (κ2) is 13.3. The summed E-state index contributed by atoms with van der Waals surface area (Å²) in [5, 5.41) is 9.01. The molecule has 31 heavy (non-hydrogen) atoms. The molecule has 2 aromatic rings. The molecule has 0 unspecified atom stereocenters. The lowest BCUT2D eigenvalue weighted by atomic mass is 10.1. The predicted molar refractivity (Wildman–Crippen MR) is 136 cm³/mol. The largest absolute Gasteiger partial charge is 0.357 e. The molecule has 9 heteroatoms. The number of rotatable bonds is 9. The number of aliphatic imine (C=N–C) groups is 1. The first kappa shape index (κ1) is 26.9. The molecular weight excluding hydrogens is 527 g/mol. The van der Waals surface area contributed by atoms with E-state index in [9.17, 15) is 13.2 Å². The molecule has 0 heterocycles. The Kier molecular flexibility index (Phi) is 11.5. The van der Waals surface area contributed by atoms with Crippen molar-refractivity contribution < 1.29 is 13.2 Å². The number of carbonyl (C=O) groups excluding carboxylic acids is 1. The molecular formula is C22H31IN4O3S. The fourth-order valence-corrected chi connectivity index (χ4v) is 3.91. The van der Waals surface area contributed by atoms with Gasteiger partial charge in [-0.05, 0) is 43.0 Å². The first-order chi connectivity index (χ1) is 14.3. The van der Waals surface area contributed by atoms with Crippen molar-refractivity contribution in [1.29, 1.82) is 0 Å². The minimum atomic E-state index is -3.24. The van der Waals surface area contributed by atoms with E-state index in [1.54, 1.807) is 19.1 Å². The molecule has 0 aliphatic carbocycles. The van der Waals surface area contributed by atoms with Crippen molar-refractivity contribution in [3.8, 4) is 0 Å². The molecule has 1 amide bonds. The Morgan fingerprint density at radius 1 is 1.00 bits per heavy atom. The second-order valence-electron chi connectivity index (χ2n) is 7.01. The number of sulfone groups is 1. The van der Waals surface area contributed by atoms with E-state index < -0.39 is 9.84 Å². The Hall–Kier alpha value is -2.14. The first-order valence-electron chi connectivity index (χ1n) is 9.92. The number of hydrogen-bond donors (Lipinski definition) is 3. The van der Waals surface area contributed by atoms with E-state index in [2.05, 4.69) is 20.9 Å². The molecule has 7 nitrogen and oxygen atoms in total. The van der Waals surface area contributed by atoms with E-state index in [-0.39, 0.29) is 36.4 Å². The van der Waals surface area contributed by atoms with Crippen molar-refractivity contribution in [3.63, 3.8) is 0 Å². The highest BCUT2D eigenvalue weighted by Gasteiger charge is 2.11. The quantitative estimate of drug-likeness (QED) is 0.250. The highest BCUT2D eigenvalue weighted by molar-refractivity contribution is 14.0. The van der Waals surface area contributed by atoms with Crippen molar-refractivity contribution >= 4 is 45.7 Å². The number of halogens is 1. The van der Waals surface area contributed by atoms with Crippen molar-refractivity contribution in [3.05, 3.63) is 65.2 Å². The smallest absolute Gasteiger partial charge is 0.239 e. The van der Waals surface area contributed by atoms with Gasteiger partial charge in [-0.3, -0.25) is 4.79 Å². The van der Waals surface area contributed by atoms with Gasteiger partial charge < -0.3 is 16.0 Å². The van der Waals surface area contributed by atoms with Crippen LogP contribution < -0.4 is 16.0 Å². The van der Waals surface area contributed by atoms with Crippen LogP contribution in [0.15, 0.2) is 58.4 Å². The zero-order valence-electron chi connectivity index (χ0n) is 18.1. The number of nitrogens with zero attached hydrogens (tertiary/aromatic N) is 1. The number of carbonyl (C=O) groups is 1. The number of aryl methyl sites for hydroxylation is 1. The normalized spacial score (nSPS) is 11.4. The Balaban J connectivity index is 0.00000480. The van der Waals surface area contributed by atoms with Crippen molar-refractivity contribution in [2.75, 3.05) is 25.9 Å². The maximum absolute atomic E-state index is 12.1. The number of benzene rings is 2. The molecule has 0 radical (unpaired) electrons. The summed E-state index contributed by atoms with van der Waals surface area (Å²) in [5.41, 5.74) is 2.77. The third kappa shape index (κ3) is 9.69. The summed E-state index contributed by atoms with van der Waals surface area (Å²) in [6, 6.07) is 15.2. The summed E-state index contributed by atoms with van der Waals surface area (Å²) >= 11 is 0. The van der Waals surface area contributed by atoms with E-state index in [0.29, 0.717) is 36.1 Å². The standard InChI is InChI=1S/C22H30N4O3S.HI/c1-4-23-22(25-15-19-10-11-20(17(2)14-19)30(3,28)29)26-16-21(27)24-13-12-18-8-6-5-7-9-18;/h5-11,14H,4,12-13,15-16H2,1-3H3,(H,24,27)(H2,23,25,26);1H. The van der Waals surface area contributed by atoms with Gasteiger partial charge in [-0.15, -0.1) is 24.0 Å². The summed E-state index contributed by atoms with van der Waals surface area (Å²) in [7, 11) is -3.24. The van der Waals surface area contributed by atoms with Crippen LogP contribution in [0.3, 0.4) is 0 Å². The number of guanidine groups is 1. The molecule has 0 bridgehead atoms. The van der Waals surface area contributed by atoms with Crippen LogP contribution in [-0.4, -0.2) is 46.2 Å². The maximum atomic E-state index is 12.1. The molecule has 0 saturated carbocycles. The van der Waals surface area contributed by atoms with Crippen LogP contribution in [0.25, 0.3) is 0 Å². The molecule has 0 aliphatic heterocycles. The lowest BCUT2D eigenvalue weighted by Gasteiger charge is -2.12. The summed E-state index contributed by atoms with van der Waals surface area (Å²) in [4.78, 5) is 16.9. The van der Waals surface area contributed by atoms with Gasteiger partial charge in [-0.25, -0.2) is 13.4 Å². The van der Waals surface area contributed by atoms with Gasteiger partial charge in [0.15, 0.2) is 15.8 Å². The first-order valence-corrected chi connectivity index (χ1v) is 11.8. The zero-order chi connectivity index (χ0) is 22.0. The minimum absolute atomic E-state index is 0. The van der Waals surface area contributed by atoms with Gasteiger partial charge in [0.05, 0.1) is 18.0 Å². The number of hydrogen-bond acceptors (Lipinski definition) is 4. The van der Waals surface area contributed by atoms with Crippen molar-refractivity contribution in [2.45, 2.75) is 31.7 Å². The van der Waals surface area contributed by atoms with Gasteiger partial charge in [-0.2, -0.15) is 0 Å². The van der Waals surface area contributed by atoms with Gasteiger partial charge in [-0.1, -0.05) is 42.5 Å². The average molecular weight is 558 g/mol. The van der Waals surface area contributed by atoms with Gasteiger partial charge in [0, 0.05) is 19.3 Å². The van der Waals surface area contributed by atoms with E-state index in [4.69, 9.17) is 0 Å². The molecule has 0 saturated heterocycles. The van der Waals surface area contributed by atoms with E-state index in [1.807, 2.05) is 43.3 Å². The van der Waals surface area contributed by atoms with E-state index >= 15 is 0 Å². The molecule has 0 spiro atoms. The highest BCUT2D eigenvalue weighted by Crippen LogP contribution is 2.17. The average Bonchev–Trinajstić information content (AvgIpc) is 2.70. The number of amides is 1. The zero-order valence-corrected chi connectivity index (χ0v) is 21.3. The van der Waals surface area contributed by atoms with Crippen LogP contribution >= 0.6 is 24.0 Å². The number of nitrogens with one attached hydrogen (secondary N) is 3. The van der Waals surface area contributed by atoms with Gasteiger partial charge in [0.25, 0.3) is 0 Å². The fourth-order valence-electron chi connectivity index (χ4n) is 2.96. The maximum Gasteiger partial charge on any atom is 0.239 e. The molecule has 2 rings (SSSR count). The third-order valence-electron chi connectivity index (χ3n) is 4.40. The Bertz CT molecular complexity index is 980. The van der Waals surface area contributed by atoms with Crippen LogP contribution in [0.4, 0.5) is 0 Å². The Morgan fingerprint density at radius 2 is 1.71 bits per heavy atom.